The zero-order valence-corrected chi connectivity index (χ0v) is 11.8. The molecule has 7 nitrogen and oxygen atoms in total. The minimum Gasteiger partial charge on any atom is -0.496 e. The Morgan fingerprint density at radius 3 is 2.10 bits per heavy atom. The summed E-state index contributed by atoms with van der Waals surface area (Å²) in [5.74, 6) is 1.09. The van der Waals surface area contributed by atoms with Crippen LogP contribution >= 0.6 is 0 Å². The summed E-state index contributed by atoms with van der Waals surface area (Å²) >= 11 is 0. The maximum Gasteiger partial charge on any atom is 0.243 e. The van der Waals surface area contributed by atoms with Gasteiger partial charge in [-0.3, -0.25) is 4.79 Å². The minimum absolute atomic E-state index is 0.113. The minimum atomic E-state index is -0.550. The van der Waals surface area contributed by atoms with E-state index in [0.29, 0.717) is 22.8 Å². The maximum absolute atomic E-state index is 10.6. The SMILES string of the molecule is COc1cc(OC)c(C(N)COCC(N)=O)c(OC)c1. The van der Waals surface area contributed by atoms with E-state index in [1.807, 2.05) is 0 Å². The van der Waals surface area contributed by atoms with E-state index in [2.05, 4.69) is 0 Å². The smallest absolute Gasteiger partial charge is 0.243 e. The van der Waals surface area contributed by atoms with Crippen LogP contribution in [0.25, 0.3) is 0 Å². The van der Waals surface area contributed by atoms with Crippen LogP contribution < -0.4 is 25.7 Å². The van der Waals surface area contributed by atoms with Crippen molar-refractivity contribution in [3.63, 3.8) is 0 Å². The van der Waals surface area contributed by atoms with E-state index >= 15 is 0 Å². The van der Waals surface area contributed by atoms with Gasteiger partial charge in [-0.15, -0.1) is 0 Å². The molecule has 0 bridgehead atoms. The molecule has 0 spiro atoms. The van der Waals surface area contributed by atoms with Crippen molar-refractivity contribution in [2.24, 2.45) is 11.5 Å². The molecule has 20 heavy (non-hydrogen) atoms. The standard InChI is InChI=1S/C13H20N2O5/c1-17-8-4-10(18-2)13(11(5-8)19-3)9(14)6-20-7-12(15)16/h4-5,9H,6-7,14H2,1-3H3,(H2,15,16). The van der Waals surface area contributed by atoms with Crippen LogP contribution in [0.1, 0.15) is 11.6 Å². The lowest BCUT2D eigenvalue weighted by atomic mass is 10.1. The third kappa shape index (κ3) is 4.01. The number of carbonyl (C=O) groups excluding carboxylic acids is 1. The number of hydrogen-bond acceptors (Lipinski definition) is 6. The van der Waals surface area contributed by atoms with Crippen molar-refractivity contribution < 1.29 is 23.7 Å². The summed E-state index contributed by atoms with van der Waals surface area (Å²) in [6, 6.07) is 2.88. The molecule has 0 aromatic heterocycles. The molecule has 1 amide bonds. The molecule has 0 saturated heterocycles. The summed E-state index contributed by atoms with van der Waals surface area (Å²) < 4.78 is 20.9. The van der Waals surface area contributed by atoms with Crippen molar-refractivity contribution in [3.05, 3.63) is 17.7 Å². The number of ether oxygens (including phenoxy) is 4. The fourth-order valence-electron chi connectivity index (χ4n) is 1.77. The molecule has 1 aromatic rings. The first-order chi connectivity index (χ1) is 9.53. The van der Waals surface area contributed by atoms with Gasteiger partial charge in [0, 0.05) is 12.1 Å². The summed E-state index contributed by atoms with van der Waals surface area (Å²) in [6.07, 6.45) is 0. The van der Waals surface area contributed by atoms with E-state index in [4.69, 9.17) is 30.4 Å². The molecule has 7 heteroatoms. The lowest BCUT2D eigenvalue weighted by Gasteiger charge is -2.19. The monoisotopic (exact) mass is 284 g/mol. The summed E-state index contributed by atoms with van der Waals surface area (Å²) in [7, 11) is 4.59. The molecule has 0 heterocycles. The summed E-state index contributed by atoms with van der Waals surface area (Å²) in [4.78, 5) is 10.6. The highest BCUT2D eigenvalue weighted by Gasteiger charge is 2.20. The Labute approximate surface area is 117 Å². The van der Waals surface area contributed by atoms with Crippen molar-refractivity contribution in [2.75, 3.05) is 34.5 Å². The fourth-order valence-corrected chi connectivity index (χ4v) is 1.77. The molecule has 1 unspecified atom stereocenters. The molecular formula is C13H20N2O5. The predicted octanol–water partition coefficient (Wildman–Crippen LogP) is 0.214. The van der Waals surface area contributed by atoms with Gasteiger partial charge in [-0.05, 0) is 0 Å². The molecule has 112 valence electrons. The number of carbonyl (C=O) groups is 1. The number of hydrogen-bond donors (Lipinski definition) is 2. The zero-order chi connectivity index (χ0) is 15.1. The number of amides is 1. The van der Waals surface area contributed by atoms with Crippen molar-refractivity contribution in [1.29, 1.82) is 0 Å². The van der Waals surface area contributed by atoms with Gasteiger partial charge in [0.2, 0.25) is 5.91 Å². The lowest BCUT2D eigenvalue weighted by Crippen LogP contribution is -2.24. The molecule has 0 radical (unpaired) electrons. The van der Waals surface area contributed by atoms with Crippen molar-refractivity contribution in [2.45, 2.75) is 6.04 Å². The van der Waals surface area contributed by atoms with Gasteiger partial charge in [0.05, 0.1) is 39.5 Å². The average Bonchev–Trinajstić information content (AvgIpc) is 2.44. The number of primary amides is 1. The van der Waals surface area contributed by atoms with Gasteiger partial charge < -0.3 is 30.4 Å². The van der Waals surface area contributed by atoms with Crippen molar-refractivity contribution in [1.82, 2.24) is 0 Å². The Morgan fingerprint density at radius 2 is 1.70 bits per heavy atom. The highest BCUT2D eigenvalue weighted by atomic mass is 16.5. The summed E-state index contributed by atoms with van der Waals surface area (Å²) in [6.45, 7) is -0.0729. The van der Waals surface area contributed by atoms with Crippen molar-refractivity contribution >= 4 is 5.91 Å². The van der Waals surface area contributed by atoms with E-state index in [9.17, 15) is 4.79 Å². The Kier molecular flexibility index (Phi) is 6.08. The second-order valence-corrected chi connectivity index (χ2v) is 4.03. The first-order valence-electron chi connectivity index (χ1n) is 5.95. The molecule has 0 fully saturated rings. The highest BCUT2D eigenvalue weighted by molar-refractivity contribution is 5.75. The molecule has 0 aliphatic rings. The number of benzene rings is 1. The van der Waals surface area contributed by atoms with Crippen LogP contribution in [0.2, 0.25) is 0 Å². The quantitative estimate of drug-likeness (QED) is 0.707. The molecule has 0 aliphatic carbocycles. The van der Waals surface area contributed by atoms with Gasteiger partial charge in [-0.2, -0.15) is 0 Å². The van der Waals surface area contributed by atoms with Gasteiger partial charge in [0.25, 0.3) is 0 Å². The van der Waals surface area contributed by atoms with Crippen LogP contribution in [0, 0.1) is 0 Å². The Bertz CT molecular complexity index is 439. The Hall–Kier alpha value is -1.99. The first-order valence-corrected chi connectivity index (χ1v) is 5.95. The Balaban J connectivity index is 2.98. The average molecular weight is 284 g/mol. The third-order valence-electron chi connectivity index (χ3n) is 2.67. The summed E-state index contributed by atoms with van der Waals surface area (Å²) in [5, 5.41) is 0. The van der Waals surface area contributed by atoms with Crippen LogP contribution in [-0.4, -0.2) is 40.5 Å². The molecule has 0 saturated carbocycles. The van der Waals surface area contributed by atoms with Crippen LogP contribution in [0.15, 0.2) is 12.1 Å². The van der Waals surface area contributed by atoms with Gasteiger partial charge >= 0.3 is 0 Å². The van der Waals surface area contributed by atoms with Gasteiger partial charge in [0.15, 0.2) is 0 Å². The molecule has 1 aromatic carbocycles. The second-order valence-electron chi connectivity index (χ2n) is 4.03. The lowest BCUT2D eigenvalue weighted by molar-refractivity contribution is -0.122. The zero-order valence-electron chi connectivity index (χ0n) is 11.8. The molecular weight excluding hydrogens is 264 g/mol. The van der Waals surface area contributed by atoms with E-state index in [1.54, 1.807) is 19.2 Å². The summed E-state index contributed by atoms with van der Waals surface area (Å²) in [5.41, 5.74) is 11.7. The van der Waals surface area contributed by atoms with E-state index in [-0.39, 0.29) is 13.2 Å². The topological polar surface area (TPSA) is 106 Å². The maximum atomic E-state index is 10.6. The normalized spacial score (nSPS) is 11.8. The van der Waals surface area contributed by atoms with Crippen LogP contribution in [-0.2, 0) is 9.53 Å². The molecule has 4 N–H and O–H groups in total. The molecule has 0 aliphatic heterocycles. The number of nitrogens with two attached hydrogens (primary N) is 2. The van der Waals surface area contributed by atoms with E-state index < -0.39 is 11.9 Å². The van der Waals surface area contributed by atoms with Crippen LogP contribution in [0.3, 0.4) is 0 Å². The van der Waals surface area contributed by atoms with Crippen LogP contribution in [0.4, 0.5) is 0 Å². The van der Waals surface area contributed by atoms with E-state index in [0.717, 1.165) is 0 Å². The number of methoxy groups -OCH3 is 3. The molecule has 1 rings (SSSR count). The van der Waals surface area contributed by atoms with E-state index in [1.165, 1.54) is 14.2 Å². The predicted molar refractivity (Wildman–Crippen MR) is 73.0 cm³/mol. The third-order valence-corrected chi connectivity index (χ3v) is 2.67. The number of rotatable bonds is 8. The Morgan fingerprint density at radius 1 is 1.15 bits per heavy atom. The highest BCUT2D eigenvalue weighted by Crippen LogP contribution is 2.37. The second kappa shape index (κ2) is 7.56. The van der Waals surface area contributed by atoms with Gasteiger partial charge in [-0.1, -0.05) is 0 Å². The van der Waals surface area contributed by atoms with Gasteiger partial charge in [-0.25, -0.2) is 0 Å². The van der Waals surface area contributed by atoms with Crippen molar-refractivity contribution in [3.8, 4) is 17.2 Å². The largest absolute Gasteiger partial charge is 0.496 e. The fraction of sp³-hybridized carbons (Fsp3) is 0.462. The van der Waals surface area contributed by atoms with Gasteiger partial charge in [0.1, 0.15) is 23.9 Å². The first kappa shape index (κ1) is 16.1. The molecule has 1 atom stereocenters. The van der Waals surface area contributed by atoms with Crippen LogP contribution in [0.5, 0.6) is 17.2 Å².